The third-order valence-electron chi connectivity index (χ3n) is 4.87. The maximum Gasteiger partial charge on any atom is 0.270 e. The highest BCUT2D eigenvalue weighted by molar-refractivity contribution is 6.00. The Labute approximate surface area is 154 Å². The first-order valence-corrected chi connectivity index (χ1v) is 8.97. The SMILES string of the molecule is O=C(c1cc2c(Nc3cc4cn[nH]c4cn3)ncnc2[nH]1)N1CCCCC1. The maximum absolute atomic E-state index is 12.8. The van der Waals surface area contributed by atoms with Crippen LogP contribution >= 0.6 is 0 Å². The van der Waals surface area contributed by atoms with Crippen molar-refractivity contribution in [2.45, 2.75) is 19.3 Å². The van der Waals surface area contributed by atoms with E-state index in [0.29, 0.717) is 23.0 Å². The molecule has 0 bridgehead atoms. The van der Waals surface area contributed by atoms with Crippen molar-refractivity contribution >= 4 is 39.5 Å². The van der Waals surface area contributed by atoms with E-state index in [9.17, 15) is 4.79 Å². The molecule has 1 aliphatic rings. The fraction of sp³-hybridized carbons (Fsp3) is 0.278. The quantitative estimate of drug-likeness (QED) is 0.516. The number of hydrogen-bond acceptors (Lipinski definition) is 6. The molecule has 27 heavy (non-hydrogen) atoms. The number of likely N-dealkylation sites (tertiary alicyclic amines) is 1. The molecule has 0 radical (unpaired) electrons. The molecule has 136 valence electrons. The summed E-state index contributed by atoms with van der Waals surface area (Å²) in [5.74, 6) is 1.26. The van der Waals surface area contributed by atoms with Crippen LogP contribution in [-0.2, 0) is 0 Å². The first-order valence-electron chi connectivity index (χ1n) is 8.97. The standard InChI is InChI=1S/C18H18N8O/c27-18(26-4-2-1-3-5-26)13-7-12-16(23-13)20-10-21-17(12)24-15-6-11-8-22-25-14(11)9-19-15/h6-10H,1-5H2,(H,22,25)(H2,19,20,21,23,24). The van der Waals surface area contributed by atoms with Crippen molar-refractivity contribution in [1.29, 1.82) is 0 Å². The Morgan fingerprint density at radius 2 is 1.96 bits per heavy atom. The summed E-state index contributed by atoms with van der Waals surface area (Å²) in [5, 5.41) is 11.8. The van der Waals surface area contributed by atoms with Crippen molar-refractivity contribution in [2.75, 3.05) is 18.4 Å². The van der Waals surface area contributed by atoms with Crippen LogP contribution in [0.2, 0.25) is 0 Å². The molecule has 0 aliphatic carbocycles. The van der Waals surface area contributed by atoms with Crippen molar-refractivity contribution in [3.8, 4) is 0 Å². The Hall–Kier alpha value is -3.49. The molecule has 5 rings (SSSR count). The number of carbonyl (C=O) groups excluding carboxylic acids is 1. The highest BCUT2D eigenvalue weighted by Gasteiger charge is 2.21. The zero-order valence-corrected chi connectivity index (χ0v) is 14.6. The van der Waals surface area contributed by atoms with Crippen LogP contribution in [0.3, 0.4) is 0 Å². The zero-order valence-electron chi connectivity index (χ0n) is 14.6. The first kappa shape index (κ1) is 15.7. The second-order valence-electron chi connectivity index (χ2n) is 6.67. The number of anilines is 2. The van der Waals surface area contributed by atoms with Gasteiger partial charge in [0.2, 0.25) is 0 Å². The van der Waals surface area contributed by atoms with E-state index in [4.69, 9.17) is 0 Å². The fourth-order valence-electron chi connectivity index (χ4n) is 3.45. The lowest BCUT2D eigenvalue weighted by Crippen LogP contribution is -2.35. The van der Waals surface area contributed by atoms with Crippen molar-refractivity contribution in [3.05, 3.63) is 36.5 Å². The minimum Gasteiger partial charge on any atom is -0.337 e. The van der Waals surface area contributed by atoms with Crippen molar-refractivity contribution in [1.82, 2.24) is 35.0 Å². The largest absolute Gasteiger partial charge is 0.337 e. The number of nitrogens with one attached hydrogen (secondary N) is 3. The van der Waals surface area contributed by atoms with Gasteiger partial charge in [-0.05, 0) is 31.4 Å². The number of hydrogen-bond donors (Lipinski definition) is 3. The van der Waals surface area contributed by atoms with Crippen LogP contribution in [0.5, 0.6) is 0 Å². The van der Waals surface area contributed by atoms with Crippen LogP contribution in [-0.4, -0.2) is 54.0 Å². The molecule has 1 saturated heterocycles. The van der Waals surface area contributed by atoms with E-state index in [-0.39, 0.29) is 5.91 Å². The molecular weight excluding hydrogens is 344 g/mol. The average molecular weight is 362 g/mol. The topological polar surface area (TPSA) is 115 Å². The van der Waals surface area contributed by atoms with Gasteiger partial charge in [-0.1, -0.05) is 0 Å². The number of pyridine rings is 1. The number of aromatic amines is 2. The van der Waals surface area contributed by atoms with E-state index in [1.165, 1.54) is 12.7 Å². The summed E-state index contributed by atoms with van der Waals surface area (Å²) in [7, 11) is 0. The second-order valence-corrected chi connectivity index (χ2v) is 6.67. The third kappa shape index (κ3) is 2.86. The van der Waals surface area contributed by atoms with Crippen LogP contribution in [0.4, 0.5) is 11.6 Å². The summed E-state index contributed by atoms with van der Waals surface area (Å²) < 4.78 is 0. The zero-order chi connectivity index (χ0) is 18.2. The highest BCUT2D eigenvalue weighted by Crippen LogP contribution is 2.25. The Kier molecular flexibility index (Phi) is 3.70. The number of rotatable bonds is 3. The summed E-state index contributed by atoms with van der Waals surface area (Å²) in [6, 6.07) is 3.70. The Morgan fingerprint density at radius 3 is 2.85 bits per heavy atom. The number of aromatic nitrogens is 6. The lowest BCUT2D eigenvalue weighted by atomic mass is 10.1. The average Bonchev–Trinajstić information content (AvgIpc) is 3.35. The van der Waals surface area contributed by atoms with Crippen LogP contribution in [0.1, 0.15) is 29.8 Å². The number of fused-ring (bicyclic) bond motifs is 2. The third-order valence-corrected chi connectivity index (χ3v) is 4.87. The number of piperidine rings is 1. The summed E-state index contributed by atoms with van der Waals surface area (Å²) in [6.45, 7) is 1.61. The second kappa shape index (κ2) is 6.35. The highest BCUT2D eigenvalue weighted by atomic mass is 16.2. The van der Waals surface area contributed by atoms with Gasteiger partial charge in [-0.15, -0.1) is 0 Å². The van der Waals surface area contributed by atoms with Crippen molar-refractivity contribution < 1.29 is 4.79 Å². The van der Waals surface area contributed by atoms with E-state index in [1.807, 2.05) is 17.0 Å². The Balaban J connectivity index is 1.47. The predicted molar refractivity (Wildman–Crippen MR) is 101 cm³/mol. The van der Waals surface area contributed by atoms with Crippen molar-refractivity contribution in [2.24, 2.45) is 0 Å². The maximum atomic E-state index is 12.8. The first-order chi connectivity index (χ1) is 13.3. The Morgan fingerprint density at radius 1 is 1.07 bits per heavy atom. The lowest BCUT2D eigenvalue weighted by molar-refractivity contribution is 0.0719. The van der Waals surface area contributed by atoms with Gasteiger partial charge >= 0.3 is 0 Å². The molecule has 1 fully saturated rings. The Bertz CT molecular complexity index is 1120. The summed E-state index contributed by atoms with van der Waals surface area (Å²) in [6.07, 6.45) is 8.22. The smallest absolute Gasteiger partial charge is 0.270 e. The van der Waals surface area contributed by atoms with Gasteiger partial charge in [0, 0.05) is 18.5 Å². The molecule has 9 nitrogen and oxygen atoms in total. The van der Waals surface area contributed by atoms with Crippen molar-refractivity contribution in [3.63, 3.8) is 0 Å². The molecule has 0 atom stereocenters. The van der Waals surface area contributed by atoms with Gasteiger partial charge in [0.05, 0.1) is 23.3 Å². The van der Waals surface area contributed by atoms with Crippen LogP contribution in [0.15, 0.2) is 30.9 Å². The number of amides is 1. The van der Waals surface area contributed by atoms with E-state index in [1.54, 1.807) is 12.4 Å². The number of nitrogens with zero attached hydrogens (tertiary/aromatic N) is 5. The summed E-state index contributed by atoms with van der Waals surface area (Å²) >= 11 is 0. The van der Waals surface area contributed by atoms with E-state index in [2.05, 4.69) is 35.5 Å². The summed E-state index contributed by atoms with van der Waals surface area (Å²) in [4.78, 5) is 30.7. The summed E-state index contributed by atoms with van der Waals surface area (Å²) in [5.41, 5.74) is 2.02. The molecule has 3 N–H and O–H groups in total. The van der Waals surface area contributed by atoms with Gasteiger partial charge in [0.1, 0.15) is 29.3 Å². The van der Waals surface area contributed by atoms with Crippen LogP contribution in [0, 0.1) is 0 Å². The number of H-pyrrole nitrogens is 2. The fourth-order valence-corrected chi connectivity index (χ4v) is 3.45. The predicted octanol–water partition coefficient (Wildman–Crippen LogP) is 2.60. The normalized spacial score (nSPS) is 14.7. The molecule has 4 aromatic heterocycles. The van der Waals surface area contributed by atoms with Gasteiger partial charge < -0.3 is 15.2 Å². The van der Waals surface area contributed by atoms with Crippen LogP contribution < -0.4 is 5.32 Å². The molecule has 0 aromatic carbocycles. The van der Waals surface area contributed by atoms with E-state index >= 15 is 0 Å². The molecule has 5 heterocycles. The molecule has 4 aromatic rings. The molecule has 0 spiro atoms. The number of carbonyl (C=O) groups is 1. The monoisotopic (exact) mass is 362 g/mol. The van der Waals surface area contributed by atoms with E-state index in [0.717, 1.165) is 42.2 Å². The molecule has 0 unspecified atom stereocenters. The minimum atomic E-state index is 0.0107. The van der Waals surface area contributed by atoms with Gasteiger partial charge in [0.25, 0.3) is 5.91 Å². The minimum absolute atomic E-state index is 0.0107. The van der Waals surface area contributed by atoms with Gasteiger partial charge in [-0.25, -0.2) is 15.0 Å². The molecule has 0 saturated carbocycles. The van der Waals surface area contributed by atoms with Gasteiger partial charge in [-0.2, -0.15) is 5.10 Å². The molecule has 1 amide bonds. The van der Waals surface area contributed by atoms with E-state index < -0.39 is 0 Å². The van der Waals surface area contributed by atoms with Gasteiger partial charge in [0.15, 0.2) is 0 Å². The van der Waals surface area contributed by atoms with Crippen LogP contribution in [0.25, 0.3) is 21.9 Å². The lowest BCUT2D eigenvalue weighted by Gasteiger charge is -2.26. The molecular formula is C18H18N8O. The molecule has 9 heteroatoms. The van der Waals surface area contributed by atoms with Gasteiger partial charge in [-0.3, -0.25) is 9.89 Å². The molecule has 1 aliphatic heterocycles.